The van der Waals surface area contributed by atoms with Crippen molar-refractivity contribution >= 4 is 11.8 Å². The molecule has 6 nitrogen and oxygen atoms in total. The molecule has 1 saturated heterocycles. The van der Waals surface area contributed by atoms with E-state index in [1.165, 1.54) is 0 Å². The molecule has 0 aromatic carbocycles. The van der Waals surface area contributed by atoms with E-state index in [2.05, 4.69) is 11.1 Å². The standard InChI is InChI=1S/C17H22N4O2/c1-3-4-12(2)16(22)20-7-9-21(10-8-20)17-14(11-18)19-15(23-17)13-5-6-13/h4,13H,3,5-10H2,1-2H3. The molecular formula is C17H22N4O2. The van der Waals surface area contributed by atoms with Gasteiger partial charge in [0.15, 0.2) is 0 Å². The topological polar surface area (TPSA) is 73.4 Å². The Bertz CT molecular complexity index is 659. The van der Waals surface area contributed by atoms with Crippen LogP contribution in [-0.2, 0) is 4.79 Å². The van der Waals surface area contributed by atoms with Crippen molar-refractivity contribution in [3.8, 4) is 6.07 Å². The van der Waals surface area contributed by atoms with E-state index >= 15 is 0 Å². The van der Waals surface area contributed by atoms with Crippen LogP contribution in [0.15, 0.2) is 16.1 Å². The van der Waals surface area contributed by atoms with Crippen molar-refractivity contribution in [2.45, 2.75) is 39.0 Å². The lowest BCUT2D eigenvalue weighted by Gasteiger charge is -2.34. The first-order chi connectivity index (χ1) is 11.1. The highest BCUT2D eigenvalue weighted by Gasteiger charge is 2.32. The average molecular weight is 314 g/mol. The second kappa shape index (κ2) is 6.45. The van der Waals surface area contributed by atoms with Crippen LogP contribution in [0.4, 0.5) is 5.88 Å². The van der Waals surface area contributed by atoms with Crippen LogP contribution >= 0.6 is 0 Å². The third kappa shape index (κ3) is 3.24. The Morgan fingerprint density at radius 1 is 1.39 bits per heavy atom. The third-order valence-corrected chi connectivity index (χ3v) is 4.36. The van der Waals surface area contributed by atoms with Gasteiger partial charge in [0.05, 0.1) is 0 Å². The van der Waals surface area contributed by atoms with Crippen LogP contribution in [0.25, 0.3) is 0 Å². The summed E-state index contributed by atoms with van der Waals surface area (Å²) in [6.45, 7) is 6.50. The van der Waals surface area contributed by atoms with Gasteiger partial charge in [0, 0.05) is 37.7 Å². The number of aromatic nitrogens is 1. The molecule has 122 valence electrons. The fourth-order valence-electron chi connectivity index (χ4n) is 2.88. The first-order valence-corrected chi connectivity index (χ1v) is 8.25. The maximum Gasteiger partial charge on any atom is 0.249 e. The van der Waals surface area contributed by atoms with Crippen molar-refractivity contribution in [3.05, 3.63) is 23.2 Å². The summed E-state index contributed by atoms with van der Waals surface area (Å²) in [5.74, 6) is 1.75. The molecule has 1 amide bonds. The van der Waals surface area contributed by atoms with Gasteiger partial charge in [0.25, 0.3) is 0 Å². The monoisotopic (exact) mass is 314 g/mol. The van der Waals surface area contributed by atoms with Crippen LogP contribution in [0.5, 0.6) is 0 Å². The molecule has 1 aromatic rings. The van der Waals surface area contributed by atoms with Gasteiger partial charge in [0.2, 0.25) is 23.4 Å². The summed E-state index contributed by atoms with van der Waals surface area (Å²) in [4.78, 5) is 20.5. The van der Waals surface area contributed by atoms with E-state index in [0.717, 1.165) is 24.8 Å². The van der Waals surface area contributed by atoms with Gasteiger partial charge in [-0.05, 0) is 26.2 Å². The van der Waals surface area contributed by atoms with Crippen LogP contribution in [0.1, 0.15) is 50.6 Å². The number of nitriles is 1. The van der Waals surface area contributed by atoms with Crippen molar-refractivity contribution in [2.75, 3.05) is 31.1 Å². The number of allylic oxidation sites excluding steroid dienone is 1. The molecule has 3 rings (SSSR count). The zero-order valence-corrected chi connectivity index (χ0v) is 13.7. The van der Waals surface area contributed by atoms with E-state index in [0.29, 0.717) is 49.6 Å². The predicted octanol–water partition coefficient (Wildman–Crippen LogP) is 2.43. The van der Waals surface area contributed by atoms with Gasteiger partial charge in [-0.1, -0.05) is 13.0 Å². The first kappa shape index (κ1) is 15.6. The summed E-state index contributed by atoms with van der Waals surface area (Å²) in [6, 6.07) is 2.13. The number of nitrogens with zero attached hydrogens (tertiary/aromatic N) is 4. The van der Waals surface area contributed by atoms with Crippen molar-refractivity contribution in [3.63, 3.8) is 0 Å². The van der Waals surface area contributed by atoms with E-state index in [1.54, 1.807) is 0 Å². The van der Waals surface area contributed by atoms with Gasteiger partial charge in [-0.3, -0.25) is 4.79 Å². The lowest BCUT2D eigenvalue weighted by atomic mass is 10.2. The minimum atomic E-state index is 0.100. The molecule has 6 heteroatoms. The molecule has 2 aliphatic rings. The predicted molar refractivity (Wildman–Crippen MR) is 86.0 cm³/mol. The van der Waals surface area contributed by atoms with E-state index in [9.17, 15) is 10.1 Å². The minimum absolute atomic E-state index is 0.100. The average Bonchev–Trinajstić information content (AvgIpc) is 3.33. The molecule has 0 spiro atoms. The quantitative estimate of drug-likeness (QED) is 0.798. The lowest BCUT2D eigenvalue weighted by molar-refractivity contribution is -0.127. The van der Waals surface area contributed by atoms with Crippen LogP contribution < -0.4 is 4.90 Å². The number of oxazole rings is 1. The lowest BCUT2D eigenvalue weighted by Crippen LogP contribution is -2.49. The largest absolute Gasteiger partial charge is 0.423 e. The molecular weight excluding hydrogens is 292 g/mol. The Kier molecular flexibility index (Phi) is 4.37. The van der Waals surface area contributed by atoms with Gasteiger partial charge >= 0.3 is 0 Å². The normalized spacial score (nSPS) is 18.9. The molecule has 0 unspecified atom stereocenters. The molecule has 0 radical (unpaired) electrons. The number of anilines is 1. The molecule has 1 aliphatic carbocycles. The molecule has 1 aromatic heterocycles. The van der Waals surface area contributed by atoms with Crippen LogP contribution in [0.2, 0.25) is 0 Å². The Balaban J connectivity index is 1.66. The molecule has 2 heterocycles. The smallest absolute Gasteiger partial charge is 0.249 e. The number of piperazine rings is 1. The molecule has 0 bridgehead atoms. The highest BCUT2D eigenvalue weighted by atomic mass is 16.4. The highest BCUT2D eigenvalue weighted by molar-refractivity contribution is 5.93. The fraction of sp³-hybridized carbons (Fsp3) is 0.588. The summed E-state index contributed by atoms with van der Waals surface area (Å²) in [5, 5.41) is 9.27. The van der Waals surface area contributed by atoms with E-state index in [1.807, 2.05) is 29.7 Å². The van der Waals surface area contributed by atoms with Crippen LogP contribution in [0, 0.1) is 11.3 Å². The summed E-state index contributed by atoms with van der Waals surface area (Å²) in [6.07, 6.45) is 5.01. The summed E-state index contributed by atoms with van der Waals surface area (Å²) >= 11 is 0. The summed E-state index contributed by atoms with van der Waals surface area (Å²) in [5.41, 5.74) is 1.17. The van der Waals surface area contributed by atoms with Gasteiger partial charge in [-0.25, -0.2) is 4.98 Å². The first-order valence-electron chi connectivity index (χ1n) is 8.25. The maximum atomic E-state index is 12.3. The molecule has 0 atom stereocenters. The minimum Gasteiger partial charge on any atom is -0.423 e. The van der Waals surface area contributed by atoms with E-state index < -0.39 is 0 Å². The number of hydrogen-bond acceptors (Lipinski definition) is 5. The molecule has 0 N–H and O–H groups in total. The summed E-state index contributed by atoms with van der Waals surface area (Å²) < 4.78 is 5.83. The Hall–Kier alpha value is -2.29. The summed E-state index contributed by atoms with van der Waals surface area (Å²) in [7, 11) is 0. The van der Waals surface area contributed by atoms with Gasteiger partial charge in [-0.2, -0.15) is 5.26 Å². The highest BCUT2D eigenvalue weighted by Crippen LogP contribution is 2.41. The van der Waals surface area contributed by atoms with Crippen LogP contribution in [0.3, 0.4) is 0 Å². The second-order valence-corrected chi connectivity index (χ2v) is 6.17. The van der Waals surface area contributed by atoms with E-state index in [4.69, 9.17) is 4.42 Å². The van der Waals surface area contributed by atoms with Crippen LogP contribution in [-0.4, -0.2) is 42.0 Å². The zero-order valence-electron chi connectivity index (χ0n) is 13.7. The Labute approximate surface area is 136 Å². The van der Waals surface area contributed by atoms with E-state index in [-0.39, 0.29) is 5.91 Å². The Morgan fingerprint density at radius 3 is 2.65 bits per heavy atom. The fourth-order valence-corrected chi connectivity index (χ4v) is 2.88. The van der Waals surface area contributed by atoms with Crippen molar-refractivity contribution in [1.29, 1.82) is 5.26 Å². The zero-order chi connectivity index (χ0) is 16.4. The number of hydrogen-bond donors (Lipinski definition) is 0. The van der Waals surface area contributed by atoms with Crippen molar-refractivity contribution < 1.29 is 9.21 Å². The van der Waals surface area contributed by atoms with Gasteiger partial charge in [0.1, 0.15) is 6.07 Å². The Morgan fingerprint density at radius 2 is 2.09 bits per heavy atom. The van der Waals surface area contributed by atoms with Crippen molar-refractivity contribution in [1.82, 2.24) is 9.88 Å². The van der Waals surface area contributed by atoms with Gasteiger partial charge in [-0.15, -0.1) is 0 Å². The number of amides is 1. The molecule has 23 heavy (non-hydrogen) atoms. The second-order valence-electron chi connectivity index (χ2n) is 6.17. The maximum absolute atomic E-state index is 12.3. The van der Waals surface area contributed by atoms with Gasteiger partial charge < -0.3 is 14.2 Å². The van der Waals surface area contributed by atoms with Crippen molar-refractivity contribution in [2.24, 2.45) is 0 Å². The molecule has 2 fully saturated rings. The number of carbonyl (C=O) groups is 1. The number of carbonyl (C=O) groups excluding carboxylic acids is 1. The number of rotatable bonds is 4. The molecule has 1 saturated carbocycles. The SMILES string of the molecule is CCC=C(C)C(=O)N1CCN(c2oc(C3CC3)nc2C#N)CC1. The molecule has 1 aliphatic heterocycles. The third-order valence-electron chi connectivity index (χ3n) is 4.36.